The molecule has 1 aliphatic heterocycles. The second kappa shape index (κ2) is 11.6. The molecule has 0 aromatic heterocycles. The smallest absolute Gasteiger partial charge is 0.287 e. The minimum atomic E-state index is -0.785. The first-order chi connectivity index (χ1) is 18.4. The van der Waals surface area contributed by atoms with Crippen LogP contribution in [0.15, 0.2) is 71.5 Å². The monoisotopic (exact) mass is 518 g/mol. The number of nitrogens with zero attached hydrogens (tertiary/aromatic N) is 2. The van der Waals surface area contributed by atoms with E-state index in [0.29, 0.717) is 28.4 Å². The van der Waals surface area contributed by atoms with E-state index >= 15 is 0 Å². The van der Waals surface area contributed by atoms with Crippen molar-refractivity contribution in [2.75, 3.05) is 21.0 Å². The third-order valence-corrected chi connectivity index (χ3v) is 5.36. The molecule has 12 heteroatoms. The van der Waals surface area contributed by atoms with Gasteiger partial charge in [0.2, 0.25) is 6.79 Å². The maximum absolute atomic E-state index is 13.1. The number of hydrogen-bond donors (Lipinski definition) is 2. The molecule has 0 bridgehead atoms. The average molecular weight is 518 g/mol. The number of ether oxygens (including phenoxy) is 4. The Hall–Kier alpha value is -5.39. The highest BCUT2D eigenvalue weighted by Gasteiger charge is 2.23. The Bertz CT molecular complexity index is 1440. The lowest BCUT2D eigenvalue weighted by Gasteiger charge is -2.11. The van der Waals surface area contributed by atoms with Gasteiger partial charge < -0.3 is 24.3 Å². The molecule has 2 amide bonds. The molecule has 0 radical (unpaired) electrons. The summed E-state index contributed by atoms with van der Waals surface area (Å²) in [4.78, 5) is 36.8. The molecule has 1 aliphatic rings. The van der Waals surface area contributed by atoms with Crippen LogP contribution in [0.5, 0.6) is 23.0 Å². The SMILES string of the molecule is COc1ccc(/C=C(/NC(=O)c2ccccc2)C(=O)N/N=C/c2cc3c(cc2[N+](=O)[O-])OCO3)c(OC)c1. The number of nitro benzene ring substituents is 1. The number of rotatable bonds is 9. The van der Waals surface area contributed by atoms with Gasteiger partial charge in [-0.25, -0.2) is 5.43 Å². The standard InChI is InChI=1S/C26H22N4O8/c1-35-19-9-8-17(22(12-19)36-2)10-20(28-25(31)16-6-4-3-5-7-16)26(32)29-27-14-18-11-23-24(38-15-37-23)13-21(18)30(33)34/h3-14H,15H2,1-2H3,(H,28,31)(H,29,32)/b20-10+,27-14+. The summed E-state index contributed by atoms with van der Waals surface area (Å²) in [6, 6.07) is 15.9. The summed E-state index contributed by atoms with van der Waals surface area (Å²) >= 11 is 0. The van der Waals surface area contributed by atoms with Crippen molar-refractivity contribution < 1.29 is 33.5 Å². The number of carbonyl (C=O) groups is 2. The Morgan fingerprint density at radius 3 is 2.42 bits per heavy atom. The second-order valence-electron chi connectivity index (χ2n) is 7.71. The maximum Gasteiger partial charge on any atom is 0.287 e. The number of methoxy groups -OCH3 is 2. The first kappa shape index (κ1) is 25.7. The van der Waals surface area contributed by atoms with Crippen molar-refractivity contribution in [1.29, 1.82) is 0 Å². The van der Waals surface area contributed by atoms with Gasteiger partial charge in [-0.1, -0.05) is 18.2 Å². The summed E-state index contributed by atoms with van der Waals surface area (Å²) in [6.07, 6.45) is 2.51. The van der Waals surface area contributed by atoms with Gasteiger partial charge in [0.15, 0.2) is 11.5 Å². The molecule has 4 rings (SSSR count). The molecule has 38 heavy (non-hydrogen) atoms. The topological polar surface area (TPSA) is 151 Å². The molecule has 2 N–H and O–H groups in total. The lowest BCUT2D eigenvalue weighted by atomic mass is 10.1. The van der Waals surface area contributed by atoms with Crippen molar-refractivity contribution in [3.8, 4) is 23.0 Å². The van der Waals surface area contributed by atoms with E-state index in [4.69, 9.17) is 18.9 Å². The van der Waals surface area contributed by atoms with Crippen LogP contribution in [0.3, 0.4) is 0 Å². The Kier molecular flexibility index (Phi) is 7.82. The van der Waals surface area contributed by atoms with Gasteiger partial charge >= 0.3 is 0 Å². The molecule has 0 spiro atoms. The third kappa shape index (κ3) is 5.87. The van der Waals surface area contributed by atoms with Crippen LogP contribution in [0.4, 0.5) is 5.69 Å². The molecule has 0 saturated carbocycles. The van der Waals surface area contributed by atoms with Gasteiger partial charge in [-0.3, -0.25) is 19.7 Å². The zero-order chi connectivity index (χ0) is 27.1. The van der Waals surface area contributed by atoms with Crippen LogP contribution in [0, 0.1) is 10.1 Å². The fourth-order valence-corrected chi connectivity index (χ4v) is 3.46. The molecule has 0 fully saturated rings. The minimum Gasteiger partial charge on any atom is -0.497 e. The molecular weight excluding hydrogens is 496 g/mol. The van der Waals surface area contributed by atoms with Gasteiger partial charge in [-0.15, -0.1) is 0 Å². The van der Waals surface area contributed by atoms with Crippen LogP contribution < -0.4 is 29.7 Å². The maximum atomic E-state index is 13.1. The number of nitrogens with one attached hydrogen (secondary N) is 2. The fourth-order valence-electron chi connectivity index (χ4n) is 3.46. The predicted octanol–water partition coefficient (Wildman–Crippen LogP) is 3.26. The molecule has 3 aromatic rings. The molecule has 1 heterocycles. The lowest BCUT2D eigenvalue weighted by molar-refractivity contribution is -0.385. The van der Waals surface area contributed by atoms with E-state index in [1.807, 2.05) is 0 Å². The summed E-state index contributed by atoms with van der Waals surface area (Å²) in [7, 11) is 2.96. The molecule has 0 saturated heterocycles. The van der Waals surface area contributed by atoms with Crippen LogP contribution in [-0.4, -0.2) is 44.0 Å². The number of carbonyl (C=O) groups excluding carboxylic acids is 2. The van der Waals surface area contributed by atoms with Gasteiger partial charge in [0.05, 0.1) is 37.0 Å². The molecular formula is C26H22N4O8. The zero-order valence-corrected chi connectivity index (χ0v) is 20.3. The van der Waals surface area contributed by atoms with Gasteiger partial charge in [-0.05, 0) is 36.4 Å². The number of hydrogen-bond acceptors (Lipinski definition) is 9. The number of amides is 2. The van der Waals surface area contributed by atoms with E-state index in [1.54, 1.807) is 48.5 Å². The minimum absolute atomic E-state index is 0.0616. The van der Waals surface area contributed by atoms with Crippen LogP contribution in [0.1, 0.15) is 21.5 Å². The third-order valence-electron chi connectivity index (χ3n) is 5.36. The van der Waals surface area contributed by atoms with Crippen molar-refractivity contribution >= 4 is 29.8 Å². The molecule has 0 unspecified atom stereocenters. The van der Waals surface area contributed by atoms with Gasteiger partial charge in [0.25, 0.3) is 17.5 Å². The van der Waals surface area contributed by atoms with Crippen molar-refractivity contribution in [1.82, 2.24) is 10.7 Å². The molecule has 12 nitrogen and oxygen atoms in total. The van der Waals surface area contributed by atoms with E-state index < -0.39 is 16.7 Å². The number of nitro groups is 1. The summed E-state index contributed by atoms with van der Waals surface area (Å²) in [6.45, 7) is -0.0616. The van der Waals surface area contributed by atoms with Crippen molar-refractivity contribution in [3.63, 3.8) is 0 Å². The van der Waals surface area contributed by atoms with Gasteiger partial charge in [0, 0.05) is 17.2 Å². The second-order valence-corrected chi connectivity index (χ2v) is 7.71. The van der Waals surface area contributed by atoms with Crippen molar-refractivity contribution in [2.24, 2.45) is 5.10 Å². The Labute approximate surface area is 216 Å². The highest BCUT2D eigenvalue weighted by atomic mass is 16.7. The highest BCUT2D eigenvalue weighted by Crippen LogP contribution is 2.37. The normalized spacial score (nSPS) is 12.2. The molecule has 194 valence electrons. The van der Waals surface area contributed by atoms with E-state index in [0.717, 1.165) is 6.21 Å². The fraction of sp³-hybridized carbons (Fsp3) is 0.115. The summed E-state index contributed by atoms with van der Waals surface area (Å²) in [5.74, 6) is 0.156. The number of hydrazone groups is 1. The summed E-state index contributed by atoms with van der Waals surface area (Å²) < 4.78 is 21.0. The Morgan fingerprint density at radius 1 is 1.00 bits per heavy atom. The first-order valence-electron chi connectivity index (χ1n) is 11.1. The highest BCUT2D eigenvalue weighted by molar-refractivity contribution is 6.05. The van der Waals surface area contributed by atoms with Crippen LogP contribution in [-0.2, 0) is 4.79 Å². The summed E-state index contributed by atoms with van der Waals surface area (Å²) in [5.41, 5.74) is 2.73. The summed E-state index contributed by atoms with van der Waals surface area (Å²) in [5, 5.41) is 17.9. The van der Waals surface area contributed by atoms with E-state index in [9.17, 15) is 19.7 Å². The van der Waals surface area contributed by atoms with Crippen LogP contribution in [0.2, 0.25) is 0 Å². The van der Waals surface area contributed by atoms with Gasteiger partial charge in [0.1, 0.15) is 17.2 Å². The number of benzene rings is 3. The Morgan fingerprint density at radius 2 is 1.74 bits per heavy atom. The van der Waals surface area contributed by atoms with Crippen LogP contribution >= 0.6 is 0 Å². The van der Waals surface area contributed by atoms with E-state index in [-0.39, 0.29) is 29.5 Å². The average Bonchev–Trinajstić information content (AvgIpc) is 3.40. The molecule has 0 aliphatic carbocycles. The van der Waals surface area contributed by atoms with Crippen molar-refractivity contribution in [3.05, 3.63) is 93.2 Å². The van der Waals surface area contributed by atoms with Gasteiger partial charge in [-0.2, -0.15) is 5.10 Å². The lowest BCUT2D eigenvalue weighted by Crippen LogP contribution is -2.32. The predicted molar refractivity (Wildman–Crippen MR) is 136 cm³/mol. The van der Waals surface area contributed by atoms with E-state index in [2.05, 4.69) is 15.8 Å². The molecule has 0 atom stereocenters. The first-order valence-corrected chi connectivity index (χ1v) is 11.1. The molecule has 3 aromatic carbocycles. The van der Waals surface area contributed by atoms with Crippen LogP contribution in [0.25, 0.3) is 6.08 Å². The van der Waals surface area contributed by atoms with Crippen molar-refractivity contribution in [2.45, 2.75) is 0 Å². The number of fused-ring (bicyclic) bond motifs is 1. The van der Waals surface area contributed by atoms with E-state index in [1.165, 1.54) is 32.4 Å². The quantitative estimate of drug-likeness (QED) is 0.190. The Balaban J connectivity index is 1.62. The largest absolute Gasteiger partial charge is 0.497 e. The zero-order valence-electron chi connectivity index (χ0n) is 20.3.